The van der Waals surface area contributed by atoms with Crippen molar-refractivity contribution in [3.63, 3.8) is 0 Å². The zero-order valence-corrected chi connectivity index (χ0v) is 9.86. The average molecular weight is 235 g/mol. The van der Waals surface area contributed by atoms with Gasteiger partial charge in [0.1, 0.15) is 0 Å². The summed E-state index contributed by atoms with van der Waals surface area (Å²) in [5.74, 6) is 0. The Hall–Kier alpha value is 0.440. The number of rotatable bonds is 3. The smallest absolute Gasteiger partial charge is 0.0585 e. The maximum Gasteiger partial charge on any atom is 0.0585 e. The predicted octanol–water partition coefficient (Wildman–Crippen LogP) is 3.37. The summed E-state index contributed by atoms with van der Waals surface area (Å²) in [6, 6.07) is 0. The van der Waals surface area contributed by atoms with Crippen molar-refractivity contribution < 1.29 is 4.74 Å². The third kappa shape index (κ3) is 3.06. The van der Waals surface area contributed by atoms with E-state index in [1.165, 1.54) is 19.3 Å². The van der Waals surface area contributed by atoms with Crippen LogP contribution in [0, 0.1) is 5.41 Å². The number of alkyl halides is 1. The molecule has 0 bridgehead atoms. The predicted molar refractivity (Wildman–Crippen MR) is 55.8 cm³/mol. The van der Waals surface area contributed by atoms with E-state index in [0.717, 1.165) is 5.33 Å². The normalized spacial score (nSPS) is 31.0. The van der Waals surface area contributed by atoms with Crippen LogP contribution in [0.5, 0.6) is 0 Å². The second-order valence-corrected chi connectivity index (χ2v) is 5.21. The minimum Gasteiger partial charge on any atom is -0.375 e. The first-order valence-corrected chi connectivity index (χ1v) is 5.87. The van der Waals surface area contributed by atoms with Crippen LogP contribution in [0.25, 0.3) is 0 Å². The van der Waals surface area contributed by atoms with Gasteiger partial charge in [0.25, 0.3) is 0 Å². The van der Waals surface area contributed by atoms with Gasteiger partial charge < -0.3 is 4.74 Å². The Kier molecular flexibility index (Phi) is 3.59. The summed E-state index contributed by atoms with van der Waals surface area (Å²) in [5.41, 5.74) is 0.384. The largest absolute Gasteiger partial charge is 0.375 e. The maximum absolute atomic E-state index is 5.78. The Balaban J connectivity index is 2.32. The van der Waals surface area contributed by atoms with E-state index in [2.05, 4.69) is 36.7 Å². The fourth-order valence-corrected chi connectivity index (χ4v) is 1.94. The number of hydrogen-bond acceptors (Lipinski definition) is 1. The van der Waals surface area contributed by atoms with Crippen LogP contribution < -0.4 is 0 Å². The Labute approximate surface area is 84.0 Å². The summed E-state index contributed by atoms with van der Waals surface area (Å²) in [7, 11) is 0. The molecule has 0 aromatic rings. The molecule has 2 unspecified atom stereocenters. The molecule has 72 valence electrons. The SMILES string of the molecule is CC1CCC(CC(C)(C)CBr)O1. The van der Waals surface area contributed by atoms with Crippen molar-refractivity contribution in [1.29, 1.82) is 0 Å². The van der Waals surface area contributed by atoms with Crippen LogP contribution in [0.3, 0.4) is 0 Å². The molecule has 0 aliphatic carbocycles. The molecule has 2 heteroatoms. The molecule has 1 nitrogen and oxygen atoms in total. The van der Waals surface area contributed by atoms with Gasteiger partial charge in [0.05, 0.1) is 12.2 Å². The average Bonchev–Trinajstić information content (AvgIpc) is 2.35. The van der Waals surface area contributed by atoms with Gasteiger partial charge in [0.15, 0.2) is 0 Å². The van der Waals surface area contributed by atoms with Crippen LogP contribution in [0.1, 0.15) is 40.0 Å². The fraction of sp³-hybridized carbons (Fsp3) is 1.00. The molecule has 1 heterocycles. The van der Waals surface area contributed by atoms with Crippen molar-refractivity contribution >= 4 is 15.9 Å². The Bertz CT molecular complexity index is 145. The molecule has 0 amide bonds. The van der Waals surface area contributed by atoms with Crippen molar-refractivity contribution in [3.05, 3.63) is 0 Å². The third-order valence-electron chi connectivity index (χ3n) is 2.46. The molecule has 0 aromatic carbocycles. The first-order valence-electron chi connectivity index (χ1n) is 4.75. The monoisotopic (exact) mass is 234 g/mol. The van der Waals surface area contributed by atoms with Gasteiger partial charge in [-0.05, 0) is 31.6 Å². The van der Waals surface area contributed by atoms with Crippen molar-refractivity contribution in [2.75, 3.05) is 5.33 Å². The molecule has 0 saturated carbocycles. The summed E-state index contributed by atoms with van der Waals surface area (Å²) in [6.07, 6.45) is 4.66. The van der Waals surface area contributed by atoms with Crippen LogP contribution in [-0.2, 0) is 4.74 Å². The molecule has 12 heavy (non-hydrogen) atoms. The topological polar surface area (TPSA) is 9.23 Å². The summed E-state index contributed by atoms with van der Waals surface area (Å²) in [4.78, 5) is 0. The molecule has 1 fully saturated rings. The van der Waals surface area contributed by atoms with E-state index in [4.69, 9.17) is 4.74 Å². The van der Waals surface area contributed by atoms with E-state index < -0.39 is 0 Å². The quantitative estimate of drug-likeness (QED) is 0.681. The lowest BCUT2D eigenvalue weighted by atomic mass is 9.88. The zero-order chi connectivity index (χ0) is 9.19. The van der Waals surface area contributed by atoms with Gasteiger partial charge in [-0.15, -0.1) is 0 Å². The van der Waals surface area contributed by atoms with Gasteiger partial charge in [-0.25, -0.2) is 0 Å². The molecule has 2 atom stereocenters. The summed E-state index contributed by atoms with van der Waals surface area (Å²) in [6.45, 7) is 6.74. The minimum absolute atomic E-state index is 0.384. The standard InChI is InChI=1S/C10H19BrO/c1-8-4-5-9(12-8)6-10(2,3)7-11/h8-9H,4-7H2,1-3H3. The fourth-order valence-electron chi connectivity index (χ4n) is 1.71. The van der Waals surface area contributed by atoms with E-state index in [1.54, 1.807) is 0 Å². The van der Waals surface area contributed by atoms with Crippen molar-refractivity contribution in [3.8, 4) is 0 Å². The number of hydrogen-bond donors (Lipinski definition) is 0. The highest BCUT2D eigenvalue weighted by molar-refractivity contribution is 9.09. The van der Waals surface area contributed by atoms with Crippen molar-refractivity contribution in [2.45, 2.75) is 52.2 Å². The molecule has 1 saturated heterocycles. The van der Waals surface area contributed by atoms with E-state index in [-0.39, 0.29) is 0 Å². The first-order chi connectivity index (χ1) is 5.53. The molecule has 1 aliphatic heterocycles. The Morgan fingerprint density at radius 2 is 2.08 bits per heavy atom. The van der Waals surface area contributed by atoms with Gasteiger partial charge in [0, 0.05) is 5.33 Å². The summed E-state index contributed by atoms with van der Waals surface area (Å²) >= 11 is 3.54. The Morgan fingerprint density at radius 3 is 2.50 bits per heavy atom. The Morgan fingerprint density at radius 1 is 1.42 bits per heavy atom. The molecule has 0 spiro atoms. The van der Waals surface area contributed by atoms with Crippen LogP contribution >= 0.6 is 15.9 Å². The van der Waals surface area contributed by atoms with E-state index in [1.807, 2.05) is 0 Å². The molecular formula is C10H19BrO. The van der Waals surface area contributed by atoms with E-state index in [0.29, 0.717) is 17.6 Å². The van der Waals surface area contributed by atoms with Gasteiger partial charge in [-0.3, -0.25) is 0 Å². The molecule has 0 aromatic heterocycles. The lowest BCUT2D eigenvalue weighted by molar-refractivity contribution is 0.0326. The maximum atomic E-state index is 5.78. The van der Waals surface area contributed by atoms with Gasteiger partial charge in [0.2, 0.25) is 0 Å². The van der Waals surface area contributed by atoms with Crippen LogP contribution in [0.2, 0.25) is 0 Å². The molecule has 0 N–H and O–H groups in total. The number of halogens is 1. The zero-order valence-electron chi connectivity index (χ0n) is 8.27. The molecule has 1 aliphatic rings. The van der Waals surface area contributed by atoms with Crippen molar-refractivity contribution in [1.82, 2.24) is 0 Å². The third-order valence-corrected chi connectivity index (χ3v) is 3.98. The number of ether oxygens (including phenoxy) is 1. The summed E-state index contributed by atoms with van der Waals surface area (Å²) in [5, 5.41) is 1.06. The second kappa shape index (κ2) is 4.10. The lowest BCUT2D eigenvalue weighted by Crippen LogP contribution is -2.22. The van der Waals surface area contributed by atoms with Crippen LogP contribution in [0.4, 0.5) is 0 Å². The second-order valence-electron chi connectivity index (χ2n) is 4.65. The van der Waals surface area contributed by atoms with Gasteiger partial charge >= 0.3 is 0 Å². The molecule has 0 radical (unpaired) electrons. The van der Waals surface area contributed by atoms with Crippen LogP contribution in [-0.4, -0.2) is 17.5 Å². The summed E-state index contributed by atoms with van der Waals surface area (Å²) < 4.78 is 5.78. The highest BCUT2D eigenvalue weighted by atomic mass is 79.9. The van der Waals surface area contributed by atoms with Crippen LogP contribution in [0.15, 0.2) is 0 Å². The van der Waals surface area contributed by atoms with Gasteiger partial charge in [-0.1, -0.05) is 29.8 Å². The molecule has 1 rings (SSSR count). The van der Waals surface area contributed by atoms with Crippen molar-refractivity contribution in [2.24, 2.45) is 5.41 Å². The van der Waals surface area contributed by atoms with E-state index >= 15 is 0 Å². The minimum atomic E-state index is 0.384. The highest BCUT2D eigenvalue weighted by Crippen LogP contribution is 2.31. The highest BCUT2D eigenvalue weighted by Gasteiger charge is 2.28. The lowest BCUT2D eigenvalue weighted by Gasteiger charge is -2.25. The first kappa shape index (κ1) is 10.5. The van der Waals surface area contributed by atoms with Gasteiger partial charge in [-0.2, -0.15) is 0 Å². The molecular weight excluding hydrogens is 216 g/mol. The van der Waals surface area contributed by atoms with E-state index in [9.17, 15) is 0 Å².